The Labute approximate surface area is 121 Å². The van der Waals surface area contributed by atoms with Gasteiger partial charge < -0.3 is 9.84 Å². The van der Waals surface area contributed by atoms with Crippen molar-refractivity contribution in [1.29, 1.82) is 0 Å². The maximum atomic E-state index is 6.15. The number of fused-ring (bicyclic) bond motifs is 1. The monoisotopic (exact) mass is 287 g/mol. The Morgan fingerprint density at radius 2 is 2.15 bits per heavy atom. The van der Waals surface area contributed by atoms with Crippen LogP contribution >= 0.6 is 11.6 Å². The SMILES string of the molecule is Cc1noc(C)c1CNc1cc(Cl)cc2cccnc12. The van der Waals surface area contributed by atoms with Gasteiger partial charge in [-0.2, -0.15) is 0 Å². The molecule has 0 fully saturated rings. The Morgan fingerprint density at radius 3 is 2.90 bits per heavy atom. The lowest BCUT2D eigenvalue weighted by molar-refractivity contribution is 0.392. The number of aryl methyl sites for hydroxylation is 2. The van der Waals surface area contributed by atoms with Gasteiger partial charge in [0.15, 0.2) is 0 Å². The quantitative estimate of drug-likeness (QED) is 0.788. The van der Waals surface area contributed by atoms with Crippen molar-refractivity contribution in [3.8, 4) is 0 Å². The molecule has 0 unspecified atom stereocenters. The highest BCUT2D eigenvalue weighted by atomic mass is 35.5. The van der Waals surface area contributed by atoms with Crippen LogP contribution in [0.1, 0.15) is 17.0 Å². The van der Waals surface area contributed by atoms with Gasteiger partial charge in [0, 0.05) is 28.7 Å². The average Bonchev–Trinajstić information content (AvgIpc) is 2.75. The van der Waals surface area contributed by atoms with Crippen LogP contribution in [0.3, 0.4) is 0 Å². The molecule has 3 aromatic rings. The topological polar surface area (TPSA) is 51.0 Å². The second kappa shape index (κ2) is 5.13. The number of pyridine rings is 1. The van der Waals surface area contributed by atoms with Gasteiger partial charge in [-0.3, -0.25) is 4.98 Å². The van der Waals surface area contributed by atoms with E-state index in [2.05, 4.69) is 15.5 Å². The number of hydrogen-bond donors (Lipinski definition) is 1. The third-order valence-corrected chi connectivity index (χ3v) is 3.52. The largest absolute Gasteiger partial charge is 0.379 e. The molecular formula is C15H14ClN3O. The number of anilines is 1. The number of nitrogens with zero attached hydrogens (tertiary/aromatic N) is 2. The Balaban J connectivity index is 1.95. The van der Waals surface area contributed by atoms with E-state index in [4.69, 9.17) is 16.1 Å². The minimum absolute atomic E-state index is 0.632. The molecule has 2 aromatic heterocycles. The highest BCUT2D eigenvalue weighted by molar-refractivity contribution is 6.31. The van der Waals surface area contributed by atoms with E-state index in [-0.39, 0.29) is 0 Å². The first kappa shape index (κ1) is 12.9. The van der Waals surface area contributed by atoms with Crippen molar-refractivity contribution in [1.82, 2.24) is 10.1 Å². The molecule has 1 aromatic carbocycles. The van der Waals surface area contributed by atoms with Gasteiger partial charge >= 0.3 is 0 Å². The normalized spacial score (nSPS) is 10.9. The number of benzene rings is 1. The Kier molecular flexibility index (Phi) is 3.32. The summed E-state index contributed by atoms with van der Waals surface area (Å²) in [5.74, 6) is 0.828. The van der Waals surface area contributed by atoms with E-state index < -0.39 is 0 Å². The Morgan fingerprint density at radius 1 is 1.30 bits per heavy atom. The minimum atomic E-state index is 0.632. The fourth-order valence-corrected chi connectivity index (χ4v) is 2.46. The van der Waals surface area contributed by atoms with E-state index in [1.54, 1.807) is 6.20 Å². The van der Waals surface area contributed by atoms with Crippen LogP contribution in [-0.2, 0) is 6.54 Å². The van der Waals surface area contributed by atoms with Crippen molar-refractivity contribution in [3.63, 3.8) is 0 Å². The van der Waals surface area contributed by atoms with Crippen LogP contribution in [-0.4, -0.2) is 10.1 Å². The standard InChI is InChI=1S/C15H14ClN3O/c1-9-13(10(2)20-19-9)8-18-14-7-12(16)6-11-4-3-5-17-15(11)14/h3-7,18H,8H2,1-2H3. The lowest BCUT2D eigenvalue weighted by atomic mass is 10.1. The van der Waals surface area contributed by atoms with E-state index in [0.717, 1.165) is 33.6 Å². The Hall–Kier alpha value is -2.07. The molecule has 20 heavy (non-hydrogen) atoms. The first-order valence-electron chi connectivity index (χ1n) is 6.35. The molecule has 5 heteroatoms. The Bertz CT molecular complexity index is 747. The average molecular weight is 288 g/mol. The van der Waals surface area contributed by atoms with Crippen molar-refractivity contribution >= 4 is 28.2 Å². The van der Waals surface area contributed by atoms with Crippen molar-refractivity contribution in [2.45, 2.75) is 20.4 Å². The van der Waals surface area contributed by atoms with E-state index >= 15 is 0 Å². The summed E-state index contributed by atoms with van der Waals surface area (Å²) in [6.45, 7) is 4.47. The molecule has 0 aliphatic rings. The first-order valence-corrected chi connectivity index (χ1v) is 6.73. The molecule has 0 radical (unpaired) electrons. The molecule has 0 spiro atoms. The molecule has 102 valence electrons. The first-order chi connectivity index (χ1) is 9.65. The zero-order valence-electron chi connectivity index (χ0n) is 11.3. The van der Waals surface area contributed by atoms with Crippen LogP contribution < -0.4 is 5.32 Å². The summed E-state index contributed by atoms with van der Waals surface area (Å²) >= 11 is 6.15. The third-order valence-electron chi connectivity index (χ3n) is 3.31. The molecule has 1 N–H and O–H groups in total. The summed E-state index contributed by atoms with van der Waals surface area (Å²) in [6.07, 6.45) is 1.78. The molecule has 0 aliphatic carbocycles. The fraction of sp³-hybridized carbons (Fsp3) is 0.200. The van der Waals surface area contributed by atoms with E-state index in [1.807, 2.05) is 38.1 Å². The van der Waals surface area contributed by atoms with E-state index in [9.17, 15) is 0 Å². The zero-order valence-corrected chi connectivity index (χ0v) is 12.0. The van der Waals surface area contributed by atoms with Gasteiger partial charge in [0.05, 0.1) is 16.9 Å². The van der Waals surface area contributed by atoms with Crippen molar-refractivity contribution in [2.24, 2.45) is 0 Å². The molecular weight excluding hydrogens is 274 g/mol. The number of hydrogen-bond acceptors (Lipinski definition) is 4. The highest BCUT2D eigenvalue weighted by Gasteiger charge is 2.10. The summed E-state index contributed by atoms with van der Waals surface area (Å²) in [5, 5.41) is 9.02. The van der Waals surface area contributed by atoms with Crippen LogP contribution in [0.2, 0.25) is 5.02 Å². The van der Waals surface area contributed by atoms with Gasteiger partial charge in [-0.1, -0.05) is 22.8 Å². The van der Waals surface area contributed by atoms with Crippen LogP contribution in [0.25, 0.3) is 10.9 Å². The van der Waals surface area contributed by atoms with E-state index in [0.29, 0.717) is 11.6 Å². The van der Waals surface area contributed by atoms with E-state index in [1.165, 1.54) is 0 Å². The van der Waals surface area contributed by atoms with Crippen molar-refractivity contribution < 1.29 is 4.52 Å². The number of nitrogens with one attached hydrogen (secondary N) is 1. The summed E-state index contributed by atoms with van der Waals surface area (Å²) in [5.41, 5.74) is 3.78. The van der Waals surface area contributed by atoms with Gasteiger partial charge in [-0.05, 0) is 32.0 Å². The zero-order chi connectivity index (χ0) is 14.1. The van der Waals surface area contributed by atoms with Gasteiger partial charge in [0.2, 0.25) is 0 Å². The summed E-state index contributed by atoms with van der Waals surface area (Å²) in [6, 6.07) is 7.69. The number of halogens is 1. The number of rotatable bonds is 3. The number of aromatic nitrogens is 2. The minimum Gasteiger partial charge on any atom is -0.379 e. The van der Waals surface area contributed by atoms with Crippen LogP contribution in [0.5, 0.6) is 0 Å². The van der Waals surface area contributed by atoms with Gasteiger partial charge in [-0.25, -0.2) is 0 Å². The van der Waals surface area contributed by atoms with Gasteiger partial charge in [0.1, 0.15) is 5.76 Å². The predicted molar refractivity (Wildman–Crippen MR) is 80.1 cm³/mol. The lowest BCUT2D eigenvalue weighted by Gasteiger charge is -2.09. The van der Waals surface area contributed by atoms with Crippen molar-refractivity contribution in [2.75, 3.05) is 5.32 Å². The summed E-state index contributed by atoms with van der Waals surface area (Å²) in [7, 11) is 0. The molecule has 0 aliphatic heterocycles. The second-order valence-corrected chi connectivity index (χ2v) is 5.12. The lowest BCUT2D eigenvalue weighted by Crippen LogP contribution is -2.02. The van der Waals surface area contributed by atoms with Crippen molar-refractivity contribution in [3.05, 3.63) is 52.5 Å². The molecule has 4 nitrogen and oxygen atoms in total. The second-order valence-electron chi connectivity index (χ2n) is 4.68. The maximum Gasteiger partial charge on any atom is 0.138 e. The third kappa shape index (κ3) is 2.34. The van der Waals surface area contributed by atoms with Gasteiger partial charge in [0.25, 0.3) is 0 Å². The summed E-state index contributed by atoms with van der Waals surface area (Å²) < 4.78 is 5.16. The van der Waals surface area contributed by atoms with Crippen LogP contribution in [0.15, 0.2) is 35.0 Å². The molecule has 0 bridgehead atoms. The van der Waals surface area contributed by atoms with Crippen LogP contribution in [0.4, 0.5) is 5.69 Å². The smallest absolute Gasteiger partial charge is 0.138 e. The molecule has 0 saturated carbocycles. The summed E-state index contributed by atoms with van der Waals surface area (Å²) in [4.78, 5) is 4.41. The maximum absolute atomic E-state index is 6.15. The van der Waals surface area contributed by atoms with Gasteiger partial charge in [-0.15, -0.1) is 0 Å². The molecule has 0 atom stereocenters. The molecule has 0 saturated heterocycles. The molecule has 2 heterocycles. The fourth-order valence-electron chi connectivity index (χ4n) is 2.23. The molecule has 0 amide bonds. The predicted octanol–water partition coefficient (Wildman–Crippen LogP) is 4.11. The van der Waals surface area contributed by atoms with Crippen LogP contribution in [0, 0.1) is 13.8 Å². The highest BCUT2D eigenvalue weighted by Crippen LogP contribution is 2.27. The molecule has 3 rings (SSSR count).